The Labute approximate surface area is 120 Å². The first kappa shape index (κ1) is 16.9. The maximum absolute atomic E-state index is 11.8. The average molecular weight is 286 g/mol. The Morgan fingerprint density at radius 3 is 2.70 bits per heavy atom. The zero-order valence-electron chi connectivity index (χ0n) is 12.5. The molecule has 1 rings (SSSR count). The number of ether oxygens (including phenoxy) is 1. The number of urea groups is 1. The summed E-state index contributed by atoms with van der Waals surface area (Å²) in [6.07, 6.45) is -0.0636. The fourth-order valence-corrected chi connectivity index (χ4v) is 1.90. The molecule has 0 aliphatic carbocycles. The molecule has 1 aliphatic rings. The Morgan fingerprint density at radius 2 is 2.10 bits per heavy atom. The van der Waals surface area contributed by atoms with Gasteiger partial charge in [0.15, 0.2) is 0 Å². The number of amides is 3. The van der Waals surface area contributed by atoms with Gasteiger partial charge in [0.1, 0.15) is 0 Å². The molecule has 0 bridgehead atoms. The van der Waals surface area contributed by atoms with E-state index in [1.165, 1.54) is 0 Å². The smallest absolute Gasteiger partial charge is 0.321 e. The molecular weight excluding hydrogens is 260 g/mol. The zero-order valence-corrected chi connectivity index (χ0v) is 12.5. The van der Waals surface area contributed by atoms with Gasteiger partial charge in [-0.15, -0.1) is 0 Å². The van der Waals surface area contributed by atoms with Crippen LogP contribution in [0.1, 0.15) is 20.8 Å². The normalized spacial score (nSPS) is 21.6. The number of imide groups is 1. The molecule has 20 heavy (non-hydrogen) atoms. The van der Waals surface area contributed by atoms with E-state index in [0.717, 1.165) is 0 Å². The summed E-state index contributed by atoms with van der Waals surface area (Å²) in [5.41, 5.74) is 5.79. The van der Waals surface area contributed by atoms with Gasteiger partial charge in [-0.2, -0.15) is 0 Å². The Morgan fingerprint density at radius 1 is 1.40 bits per heavy atom. The topological polar surface area (TPSA) is 96.7 Å². The van der Waals surface area contributed by atoms with E-state index in [2.05, 4.69) is 10.6 Å². The van der Waals surface area contributed by atoms with E-state index in [9.17, 15) is 9.59 Å². The van der Waals surface area contributed by atoms with Crippen molar-refractivity contribution in [3.05, 3.63) is 0 Å². The van der Waals surface area contributed by atoms with Crippen LogP contribution < -0.4 is 16.4 Å². The van der Waals surface area contributed by atoms with E-state index < -0.39 is 6.03 Å². The van der Waals surface area contributed by atoms with Crippen molar-refractivity contribution < 1.29 is 14.3 Å². The van der Waals surface area contributed by atoms with Gasteiger partial charge in [0, 0.05) is 25.7 Å². The number of hydrogen-bond donors (Lipinski definition) is 3. The number of nitrogens with one attached hydrogen (secondary N) is 2. The third-order valence-electron chi connectivity index (χ3n) is 3.06. The van der Waals surface area contributed by atoms with E-state index in [4.69, 9.17) is 10.5 Å². The predicted octanol–water partition coefficient (Wildman–Crippen LogP) is -0.484. The van der Waals surface area contributed by atoms with E-state index in [0.29, 0.717) is 32.2 Å². The number of carbonyl (C=O) groups excluding carboxylic acids is 2. The summed E-state index contributed by atoms with van der Waals surface area (Å²) in [5, 5.41) is 4.97. The number of nitrogens with zero attached hydrogens (tertiary/aromatic N) is 1. The summed E-state index contributed by atoms with van der Waals surface area (Å²) in [5.74, 6) is 0.0403. The van der Waals surface area contributed by atoms with Crippen LogP contribution in [0.4, 0.5) is 4.79 Å². The number of carbonyl (C=O) groups is 2. The van der Waals surface area contributed by atoms with Gasteiger partial charge >= 0.3 is 6.03 Å². The van der Waals surface area contributed by atoms with Crippen molar-refractivity contribution in [1.29, 1.82) is 0 Å². The van der Waals surface area contributed by atoms with Gasteiger partial charge in [0.05, 0.1) is 19.3 Å². The van der Waals surface area contributed by atoms with E-state index in [-0.39, 0.29) is 24.6 Å². The summed E-state index contributed by atoms with van der Waals surface area (Å²) < 4.78 is 5.52. The Kier molecular flexibility index (Phi) is 6.90. The third kappa shape index (κ3) is 6.31. The van der Waals surface area contributed by atoms with Gasteiger partial charge in [-0.05, 0) is 12.8 Å². The van der Waals surface area contributed by atoms with E-state index in [1.807, 2.05) is 25.7 Å². The number of nitrogens with two attached hydrogens (primary N) is 1. The molecule has 4 N–H and O–H groups in total. The minimum Gasteiger partial charge on any atom is -0.374 e. The van der Waals surface area contributed by atoms with Crippen LogP contribution in [0.2, 0.25) is 0 Å². The molecule has 7 nitrogen and oxygen atoms in total. The van der Waals surface area contributed by atoms with Gasteiger partial charge in [-0.1, -0.05) is 13.8 Å². The maximum Gasteiger partial charge on any atom is 0.321 e. The van der Waals surface area contributed by atoms with Crippen LogP contribution in [-0.4, -0.2) is 61.8 Å². The van der Waals surface area contributed by atoms with Crippen molar-refractivity contribution in [2.24, 2.45) is 11.7 Å². The molecule has 2 atom stereocenters. The summed E-state index contributed by atoms with van der Waals surface area (Å²) in [4.78, 5) is 25.2. The summed E-state index contributed by atoms with van der Waals surface area (Å²) in [6, 6.07) is -0.518. The Balaban J connectivity index is 2.29. The zero-order chi connectivity index (χ0) is 15.1. The molecule has 0 aromatic carbocycles. The third-order valence-corrected chi connectivity index (χ3v) is 3.06. The lowest BCUT2D eigenvalue weighted by Gasteiger charge is -2.34. The number of hydrogen-bond acceptors (Lipinski definition) is 5. The molecule has 2 unspecified atom stereocenters. The fourth-order valence-electron chi connectivity index (χ4n) is 1.90. The molecule has 0 aromatic rings. The van der Waals surface area contributed by atoms with Gasteiger partial charge in [0.2, 0.25) is 5.91 Å². The highest BCUT2D eigenvalue weighted by Crippen LogP contribution is 2.07. The van der Waals surface area contributed by atoms with Gasteiger partial charge in [0.25, 0.3) is 0 Å². The Bertz CT molecular complexity index is 334. The molecular formula is C13H26N4O3. The molecule has 1 fully saturated rings. The van der Waals surface area contributed by atoms with Crippen molar-refractivity contribution in [1.82, 2.24) is 15.5 Å². The van der Waals surface area contributed by atoms with Crippen LogP contribution in [0.15, 0.2) is 0 Å². The lowest BCUT2D eigenvalue weighted by molar-refractivity contribution is -0.123. The highest BCUT2D eigenvalue weighted by atomic mass is 16.5. The largest absolute Gasteiger partial charge is 0.374 e. The van der Waals surface area contributed by atoms with Crippen molar-refractivity contribution in [2.75, 3.05) is 32.8 Å². The lowest BCUT2D eigenvalue weighted by atomic mass is 10.1. The minimum absolute atomic E-state index is 0.0636. The molecule has 1 saturated heterocycles. The molecule has 0 aromatic heterocycles. The van der Waals surface area contributed by atoms with Crippen molar-refractivity contribution in [3.8, 4) is 0 Å². The first-order valence-corrected chi connectivity index (χ1v) is 7.05. The van der Waals surface area contributed by atoms with Crippen molar-refractivity contribution >= 4 is 11.9 Å². The van der Waals surface area contributed by atoms with Crippen molar-refractivity contribution in [3.63, 3.8) is 0 Å². The second kappa shape index (κ2) is 8.18. The van der Waals surface area contributed by atoms with Gasteiger partial charge in [-0.25, -0.2) is 4.79 Å². The number of rotatable bonds is 5. The molecule has 1 heterocycles. The molecule has 7 heteroatoms. The maximum atomic E-state index is 11.8. The van der Waals surface area contributed by atoms with Crippen LogP contribution in [0, 0.1) is 5.92 Å². The van der Waals surface area contributed by atoms with Crippen LogP contribution in [-0.2, 0) is 9.53 Å². The average Bonchev–Trinajstić information content (AvgIpc) is 2.36. The molecule has 1 aliphatic heterocycles. The monoisotopic (exact) mass is 286 g/mol. The quantitative estimate of drug-likeness (QED) is 0.634. The first-order chi connectivity index (χ1) is 9.38. The molecule has 0 spiro atoms. The van der Waals surface area contributed by atoms with Crippen LogP contribution in [0.5, 0.6) is 0 Å². The van der Waals surface area contributed by atoms with Gasteiger partial charge in [-0.3, -0.25) is 15.0 Å². The highest BCUT2D eigenvalue weighted by molar-refractivity contribution is 5.95. The molecule has 116 valence electrons. The summed E-state index contributed by atoms with van der Waals surface area (Å²) in [6.45, 7) is 8.43. The predicted molar refractivity (Wildman–Crippen MR) is 76.2 cm³/mol. The van der Waals surface area contributed by atoms with Crippen LogP contribution >= 0.6 is 0 Å². The fraction of sp³-hybridized carbons (Fsp3) is 0.846. The second-order valence-corrected chi connectivity index (χ2v) is 5.66. The molecule has 0 radical (unpaired) electrons. The highest BCUT2D eigenvalue weighted by Gasteiger charge is 2.24. The summed E-state index contributed by atoms with van der Waals surface area (Å²) >= 11 is 0. The van der Waals surface area contributed by atoms with Crippen molar-refractivity contribution in [2.45, 2.75) is 32.9 Å². The first-order valence-electron chi connectivity index (χ1n) is 7.05. The van der Waals surface area contributed by atoms with Crippen LogP contribution in [0.25, 0.3) is 0 Å². The molecule has 3 amide bonds. The SMILES string of the molecule is CC(C)CNC(=O)NC(=O)CN1CCOC(C(C)N)C1. The van der Waals surface area contributed by atoms with Crippen LogP contribution in [0.3, 0.4) is 0 Å². The second-order valence-electron chi connectivity index (χ2n) is 5.66. The minimum atomic E-state index is -0.444. The van der Waals surface area contributed by atoms with E-state index in [1.54, 1.807) is 0 Å². The summed E-state index contributed by atoms with van der Waals surface area (Å²) in [7, 11) is 0. The van der Waals surface area contributed by atoms with E-state index >= 15 is 0 Å². The number of morpholine rings is 1. The molecule has 0 saturated carbocycles. The standard InChI is InChI=1S/C13H26N4O3/c1-9(2)6-15-13(19)16-12(18)8-17-4-5-20-11(7-17)10(3)14/h9-11H,4-8,14H2,1-3H3,(H2,15,16,18,19). The Hall–Kier alpha value is -1.18. The lowest BCUT2D eigenvalue weighted by Crippen LogP contribution is -2.53. The van der Waals surface area contributed by atoms with Gasteiger partial charge < -0.3 is 15.8 Å².